The first kappa shape index (κ1) is 45.4. The number of nitrogens with zero attached hydrogens (tertiary/aromatic N) is 6. The van der Waals surface area contributed by atoms with E-state index in [2.05, 4.69) is 22.0 Å². The molecule has 0 saturated heterocycles. The standard InChI is InChI=1S/C39H60N7O8P/c1-3-4-5-6-7-8-9-10-11-12-13-14-15-16-17-18-23-50-27-35(54-34-24-38(49-2)36(25-40)43-26-34)29-53-55(47,48)52-28-33(51-30-41)21-19-32-20-22-37-39(42)44-31-45-46(32)37/h20,22,24,26,31,33,35H,3-19,21,23,27-29H2,1-2H3,(H,47,48)(H2,42,44,45)/t33-,35+/m0/s1. The zero-order chi connectivity index (χ0) is 39.6. The fourth-order valence-electron chi connectivity index (χ4n) is 6.15. The van der Waals surface area contributed by atoms with E-state index in [1.54, 1.807) is 16.8 Å². The van der Waals surface area contributed by atoms with Gasteiger partial charge in [0.05, 0.1) is 33.1 Å². The van der Waals surface area contributed by atoms with Crippen LogP contribution in [0, 0.1) is 22.8 Å². The number of nitrogen functional groups attached to an aromatic ring is 1. The third kappa shape index (κ3) is 18.0. The number of methoxy groups -OCH3 is 1. The molecule has 0 aliphatic rings. The highest BCUT2D eigenvalue weighted by molar-refractivity contribution is 7.47. The molecule has 0 spiro atoms. The number of pyridine rings is 1. The molecule has 0 aromatic carbocycles. The van der Waals surface area contributed by atoms with Gasteiger partial charge < -0.3 is 29.6 Å². The second-order valence-corrected chi connectivity index (χ2v) is 15.1. The van der Waals surface area contributed by atoms with Gasteiger partial charge in [-0.3, -0.25) is 9.05 Å². The number of fused-ring (bicyclic) bond motifs is 1. The van der Waals surface area contributed by atoms with Gasteiger partial charge in [0.15, 0.2) is 17.3 Å². The smallest absolute Gasteiger partial charge is 0.472 e. The molecule has 16 heteroatoms. The zero-order valence-corrected chi connectivity index (χ0v) is 33.5. The van der Waals surface area contributed by atoms with Crippen LogP contribution < -0.4 is 15.2 Å². The molecule has 0 saturated carbocycles. The molecule has 0 bridgehead atoms. The third-order valence-electron chi connectivity index (χ3n) is 9.25. The van der Waals surface area contributed by atoms with Crippen molar-refractivity contribution in [2.45, 2.75) is 135 Å². The lowest BCUT2D eigenvalue weighted by Gasteiger charge is -2.22. The number of anilines is 1. The van der Waals surface area contributed by atoms with Crippen molar-refractivity contribution in [1.82, 2.24) is 19.6 Å². The highest BCUT2D eigenvalue weighted by atomic mass is 31.2. The summed E-state index contributed by atoms with van der Waals surface area (Å²) in [6, 6.07) is 7.06. The zero-order valence-electron chi connectivity index (χ0n) is 32.6. The van der Waals surface area contributed by atoms with E-state index in [-0.39, 0.29) is 43.4 Å². The Balaban J connectivity index is 1.39. The molecule has 3 heterocycles. The Morgan fingerprint density at radius 2 is 1.49 bits per heavy atom. The van der Waals surface area contributed by atoms with Crippen LogP contribution in [0.15, 0.2) is 30.7 Å². The topological polar surface area (TPSA) is 209 Å². The van der Waals surface area contributed by atoms with Gasteiger partial charge in [-0.15, -0.1) is 0 Å². The number of phosphoric acid groups is 1. The number of nitriles is 2. The van der Waals surface area contributed by atoms with Crippen molar-refractivity contribution in [3.05, 3.63) is 42.1 Å². The minimum atomic E-state index is -4.62. The molecule has 3 N–H and O–H groups in total. The van der Waals surface area contributed by atoms with Gasteiger partial charge in [-0.1, -0.05) is 103 Å². The molecule has 15 nitrogen and oxygen atoms in total. The number of nitrogens with two attached hydrogens (primary N) is 1. The summed E-state index contributed by atoms with van der Waals surface area (Å²) >= 11 is 0. The maximum atomic E-state index is 12.9. The van der Waals surface area contributed by atoms with Crippen LogP contribution in [0.2, 0.25) is 0 Å². The molecule has 0 aliphatic heterocycles. The molecule has 0 fully saturated rings. The predicted octanol–water partition coefficient (Wildman–Crippen LogP) is 8.24. The van der Waals surface area contributed by atoms with Crippen molar-refractivity contribution in [3.8, 4) is 23.8 Å². The SMILES string of the molecule is CCCCCCCCCCCCCCCCCCOC[C@H](COP(=O)(O)OC[C@H](CCc1ccc2c(N)ncnn12)OC#N)Oc1cnc(C#N)c(OC)c1. The van der Waals surface area contributed by atoms with Gasteiger partial charge in [0.1, 0.15) is 35.9 Å². The second kappa shape index (κ2) is 26.8. The van der Waals surface area contributed by atoms with E-state index in [1.165, 1.54) is 109 Å². The highest BCUT2D eigenvalue weighted by Crippen LogP contribution is 2.43. The van der Waals surface area contributed by atoms with Crippen molar-refractivity contribution < 1.29 is 37.5 Å². The van der Waals surface area contributed by atoms with Gasteiger partial charge in [-0.2, -0.15) is 15.6 Å². The van der Waals surface area contributed by atoms with Crippen molar-refractivity contribution in [3.63, 3.8) is 0 Å². The Hall–Kier alpha value is -3.98. The Labute approximate surface area is 326 Å². The fraction of sp³-hybridized carbons (Fsp3) is 0.667. The van der Waals surface area contributed by atoms with E-state index in [0.29, 0.717) is 24.4 Å². The average Bonchev–Trinajstić information content (AvgIpc) is 3.61. The summed E-state index contributed by atoms with van der Waals surface area (Å²) in [4.78, 5) is 18.6. The van der Waals surface area contributed by atoms with E-state index >= 15 is 0 Å². The molecular formula is C39H60N7O8P. The van der Waals surface area contributed by atoms with Crippen LogP contribution in [0.1, 0.15) is 127 Å². The molecule has 0 aliphatic carbocycles. The average molecular weight is 786 g/mol. The van der Waals surface area contributed by atoms with E-state index in [1.807, 2.05) is 12.1 Å². The van der Waals surface area contributed by atoms with Gasteiger partial charge in [-0.05, 0) is 31.4 Å². The quantitative estimate of drug-likeness (QED) is 0.0347. The summed E-state index contributed by atoms with van der Waals surface area (Å²) in [5, 5.41) is 22.7. The number of unbranched alkanes of at least 4 members (excludes halogenated alkanes) is 15. The largest absolute Gasteiger partial charge is 0.494 e. The van der Waals surface area contributed by atoms with Crippen LogP contribution in [0.25, 0.3) is 5.52 Å². The molecule has 1 unspecified atom stereocenters. The van der Waals surface area contributed by atoms with Crippen molar-refractivity contribution in [2.75, 3.05) is 39.3 Å². The van der Waals surface area contributed by atoms with Gasteiger partial charge in [0.2, 0.25) is 0 Å². The number of phosphoric ester groups is 1. The Bertz CT molecular complexity index is 1650. The molecule has 55 heavy (non-hydrogen) atoms. The van der Waals surface area contributed by atoms with E-state index in [9.17, 15) is 20.0 Å². The number of rotatable bonds is 32. The minimum Gasteiger partial charge on any atom is -0.494 e. The molecule has 0 radical (unpaired) electrons. The van der Waals surface area contributed by atoms with Crippen molar-refractivity contribution in [1.29, 1.82) is 10.5 Å². The number of ether oxygens (including phenoxy) is 4. The van der Waals surface area contributed by atoms with Gasteiger partial charge in [0, 0.05) is 18.4 Å². The van der Waals surface area contributed by atoms with Crippen LogP contribution >= 0.6 is 7.82 Å². The third-order valence-corrected chi connectivity index (χ3v) is 10.2. The fourth-order valence-corrected chi connectivity index (χ4v) is 6.94. The van der Waals surface area contributed by atoms with E-state index < -0.39 is 20.0 Å². The van der Waals surface area contributed by atoms with E-state index in [0.717, 1.165) is 25.0 Å². The van der Waals surface area contributed by atoms with E-state index in [4.69, 9.17) is 33.7 Å². The lowest BCUT2D eigenvalue weighted by atomic mass is 10.0. The molecule has 3 atom stereocenters. The normalized spacial score (nSPS) is 13.5. The second-order valence-electron chi connectivity index (χ2n) is 13.6. The summed E-state index contributed by atoms with van der Waals surface area (Å²) < 4.78 is 47.3. The predicted molar refractivity (Wildman–Crippen MR) is 208 cm³/mol. The lowest BCUT2D eigenvalue weighted by Crippen LogP contribution is -2.29. The summed E-state index contributed by atoms with van der Waals surface area (Å²) in [7, 11) is -3.20. The Morgan fingerprint density at radius 3 is 2.09 bits per heavy atom. The molecular weight excluding hydrogens is 725 g/mol. The summed E-state index contributed by atoms with van der Waals surface area (Å²) in [6.45, 7) is 2.05. The van der Waals surface area contributed by atoms with Crippen molar-refractivity contribution >= 4 is 19.2 Å². The Kier molecular flexibility index (Phi) is 22.1. The highest BCUT2D eigenvalue weighted by Gasteiger charge is 2.27. The molecule has 3 aromatic heterocycles. The number of hydrogen-bond donors (Lipinski definition) is 2. The van der Waals surface area contributed by atoms with Gasteiger partial charge in [0.25, 0.3) is 6.26 Å². The maximum absolute atomic E-state index is 12.9. The van der Waals surface area contributed by atoms with Gasteiger partial charge in [-0.25, -0.2) is 19.0 Å². The summed E-state index contributed by atoms with van der Waals surface area (Å²) in [6.07, 6.45) is 23.8. The Morgan fingerprint density at radius 1 is 0.873 bits per heavy atom. The van der Waals surface area contributed by atoms with Crippen LogP contribution in [0.3, 0.4) is 0 Å². The first-order valence-electron chi connectivity index (χ1n) is 19.7. The number of aryl methyl sites for hydroxylation is 1. The lowest BCUT2D eigenvalue weighted by molar-refractivity contribution is 0.00960. The summed E-state index contributed by atoms with van der Waals surface area (Å²) in [5.74, 6) is 0.810. The molecule has 304 valence electrons. The van der Waals surface area contributed by atoms with Crippen LogP contribution in [-0.2, 0) is 29.5 Å². The number of aromatic nitrogens is 4. The number of hydrogen-bond acceptors (Lipinski definition) is 13. The molecule has 3 aromatic rings. The molecule has 3 rings (SSSR count). The minimum absolute atomic E-state index is 0.0561. The summed E-state index contributed by atoms with van der Waals surface area (Å²) in [5.41, 5.74) is 7.42. The first-order valence-corrected chi connectivity index (χ1v) is 21.2. The monoisotopic (exact) mass is 785 g/mol. The van der Waals surface area contributed by atoms with Crippen molar-refractivity contribution in [2.24, 2.45) is 0 Å². The van der Waals surface area contributed by atoms with Gasteiger partial charge >= 0.3 is 7.82 Å². The molecule has 0 amide bonds. The first-order chi connectivity index (χ1) is 26.8. The van der Waals surface area contributed by atoms with Crippen LogP contribution in [-0.4, -0.2) is 70.2 Å². The van der Waals surface area contributed by atoms with Crippen LogP contribution in [0.4, 0.5) is 5.82 Å². The van der Waals surface area contributed by atoms with Crippen LogP contribution in [0.5, 0.6) is 11.5 Å². The maximum Gasteiger partial charge on any atom is 0.472 e.